The third-order valence-corrected chi connectivity index (χ3v) is 3.47. The van der Waals surface area contributed by atoms with E-state index in [1.807, 2.05) is 13.1 Å². The van der Waals surface area contributed by atoms with Gasteiger partial charge in [0.1, 0.15) is 5.82 Å². The molecule has 0 aliphatic carbocycles. The zero-order chi connectivity index (χ0) is 13.7. The molecule has 0 radical (unpaired) electrons. The minimum Gasteiger partial charge on any atom is -0.379 e. The van der Waals surface area contributed by atoms with Crippen LogP contribution >= 0.6 is 0 Å². The number of likely N-dealkylation sites (N-methyl/N-ethyl adjacent to an activating group) is 1. The van der Waals surface area contributed by atoms with E-state index >= 15 is 0 Å². The van der Waals surface area contributed by atoms with Crippen molar-refractivity contribution in [2.75, 3.05) is 44.8 Å². The number of pyridine rings is 1. The summed E-state index contributed by atoms with van der Waals surface area (Å²) in [6, 6.07) is 6.14. The summed E-state index contributed by atoms with van der Waals surface area (Å²) >= 11 is 0. The molecular weight excluding hydrogens is 240 g/mol. The molecule has 2 rings (SSSR count). The number of anilines is 1. The first-order chi connectivity index (χ1) is 9.20. The minimum atomic E-state index is 0.446. The van der Waals surface area contributed by atoms with E-state index in [-0.39, 0.29) is 0 Å². The Hall–Kier alpha value is -1.64. The monoisotopic (exact) mass is 260 g/mol. The lowest BCUT2D eigenvalue weighted by atomic mass is 10.2. The molecule has 0 bridgehead atoms. The van der Waals surface area contributed by atoms with Gasteiger partial charge < -0.3 is 9.64 Å². The number of hydrogen-bond acceptors (Lipinski definition) is 5. The highest BCUT2D eigenvalue weighted by Crippen LogP contribution is 2.13. The number of nitrogens with zero attached hydrogens (tertiary/aromatic N) is 4. The average molecular weight is 260 g/mol. The van der Waals surface area contributed by atoms with Crippen LogP contribution in [0.4, 0.5) is 5.82 Å². The number of ether oxygens (including phenoxy) is 1. The summed E-state index contributed by atoms with van der Waals surface area (Å²) in [5.74, 6) is 0.846. The van der Waals surface area contributed by atoms with Crippen LogP contribution in [0.5, 0.6) is 0 Å². The molecule has 0 spiro atoms. The topological polar surface area (TPSA) is 52.4 Å². The number of nitriles is 1. The van der Waals surface area contributed by atoms with E-state index in [9.17, 15) is 0 Å². The molecule has 1 aliphatic heterocycles. The van der Waals surface area contributed by atoms with E-state index in [1.165, 1.54) is 0 Å². The summed E-state index contributed by atoms with van der Waals surface area (Å²) < 4.78 is 5.37. The van der Waals surface area contributed by atoms with Crippen LogP contribution in [-0.2, 0) is 4.74 Å². The molecule has 1 aromatic heterocycles. The molecule has 1 fully saturated rings. The van der Waals surface area contributed by atoms with Crippen LogP contribution in [0.25, 0.3) is 0 Å². The van der Waals surface area contributed by atoms with Crippen LogP contribution < -0.4 is 4.90 Å². The molecule has 0 aromatic carbocycles. The summed E-state index contributed by atoms with van der Waals surface area (Å²) in [5, 5.41) is 8.91. The largest absolute Gasteiger partial charge is 0.379 e. The standard InChI is InChI=1S/C14H20N4O/c1-12(18-5-7-19-8-6-18)11-17(2)14-9-13(10-15)3-4-16-14/h3-4,9,12H,5-8,11H2,1-2H3. The van der Waals surface area contributed by atoms with Gasteiger partial charge in [-0.15, -0.1) is 0 Å². The number of rotatable bonds is 4. The van der Waals surface area contributed by atoms with Crippen molar-refractivity contribution in [3.63, 3.8) is 0 Å². The maximum Gasteiger partial charge on any atom is 0.129 e. The second kappa shape index (κ2) is 6.50. The lowest BCUT2D eigenvalue weighted by Gasteiger charge is -2.34. The predicted octanol–water partition coefficient (Wildman–Crippen LogP) is 1.11. The van der Waals surface area contributed by atoms with Gasteiger partial charge in [-0.25, -0.2) is 4.98 Å². The molecule has 0 saturated carbocycles. The van der Waals surface area contributed by atoms with Crippen LogP contribution in [0.15, 0.2) is 18.3 Å². The lowest BCUT2D eigenvalue weighted by Crippen LogP contribution is -2.46. The van der Waals surface area contributed by atoms with Gasteiger partial charge in [-0.3, -0.25) is 4.90 Å². The van der Waals surface area contributed by atoms with Crippen LogP contribution in [0.1, 0.15) is 12.5 Å². The van der Waals surface area contributed by atoms with Gasteiger partial charge in [0.2, 0.25) is 0 Å². The molecule has 1 unspecified atom stereocenters. The molecule has 5 heteroatoms. The number of aromatic nitrogens is 1. The Bertz CT molecular complexity index is 451. The highest BCUT2D eigenvalue weighted by Gasteiger charge is 2.18. The predicted molar refractivity (Wildman–Crippen MR) is 74.1 cm³/mol. The fraction of sp³-hybridized carbons (Fsp3) is 0.571. The van der Waals surface area contributed by atoms with Crippen molar-refractivity contribution in [3.05, 3.63) is 23.9 Å². The maximum atomic E-state index is 8.91. The van der Waals surface area contributed by atoms with E-state index in [2.05, 4.69) is 27.8 Å². The van der Waals surface area contributed by atoms with E-state index in [1.54, 1.807) is 12.3 Å². The van der Waals surface area contributed by atoms with Gasteiger partial charge in [0.05, 0.1) is 24.8 Å². The fourth-order valence-corrected chi connectivity index (χ4v) is 2.32. The second-order valence-corrected chi connectivity index (χ2v) is 4.89. The van der Waals surface area contributed by atoms with Crippen LogP contribution in [0, 0.1) is 11.3 Å². The Morgan fingerprint density at radius 1 is 1.53 bits per heavy atom. The molecule has 1 aromatic rings. The molecule has 19 heavy (non-hydrogen) atoms. The van der Waals surface area contributed by atoms with E-state index in [4.69, 9.17) is 10.00 Å². The molecule has 2 heterocycles. The van der Waals surface area contributed by atoms with Crippen molar-refractivity contribution in [2.24, 2.45) is 0 Å². The third-order valence-electron chi connectivity index (χ3n) is 3.47. The van der Waals surface area contributed by atoms with Gasteiger partial charge in [0.15, 0.2) is 0 Å². The highest BCUT2D eigenvalue weighted by atomic mass is 16.5. The minimum absolute atomic E-state index is 0.446. The summed E-state index contributed by atoms with van der Waals surface area (Å²) in [4.78, 5) is 8.84. The van der Waals surface area contributed by atoms with E-state index < -0.39 is 0 Å². The molecule has 1 aliphatic rings. The number of hydrogen-bond donors (Lipinski definition) is 0. The van der Waals surface area contributed by atoms with E-state index in [0.29, 0.717) is 11.6 Å². The zero-order valence-electron chi connectivity index (χ0n) is 11.5. The van der Waals surface area contributed by atoms with Crippen LogP contribution in [0.3, 0.4) is 0 Å². The Labute approximate surface area is 114 Å². The SMILES string of the molecule is CC(CN(C)c1cc(C#N)ccn1)N1CCOCC1. The zero-order valence-corrected chi connectivity index (χ0v) is 11.5. The number of morpholine rings is 1. The van der Waals surface area contributed by atoms with Crippen molar-refractivity contribution >= 4 is 5.82 Å². The normalized spacial score (nSPS) is 17.7. The summed E-state index contributed by atoms with van der Waals surface area (Å²) in [6.45, 7) is 6.71. The van der Waals surface area contributed by atoms with Gasteiger partial charge in [0.25, 0.3) is 0 Å². The quantitative estimate of drug-likeness (QED) is 0.811. The fourth-order valence-electron chi connectivity index (χ4n) is 2.32. The van der Waals surface area contributed by atoms with Crippen molar-refractivity contribution in [1.29, 1.82) is 5.26 Å². The molecule has 0 amide bonds. The van der Waals surface area contributed by atoms with Gasteiger partial charge in [0, 0.05) is 38.9 Å². The third kappa shape index (κ3) is 3.66. The smallest absolute Gasteiger partial charge is 0.129 e. The van der Waals surface area contributed by atoms with Crippen molar-refractivity contribution < 1.29 is 4.74 Å². The molecule has 1 saturated heterocycles. The van der Waals surface area contributed by atoms with Gasteiger partial charge >= 0.3 is 0 Å². The summed E-state index contributed by atoms with van der Waals surface area (Å²) in [7, 11) is 2.01. The second-order valence-electron chi connectivity index (χ2n) is 4.89. The van der Waals surface area contributed by atoms with Gasteiger partial charge in [-0.1, -0.05) is 0 Å². The Balaban J connectivity index is 1.95. The lowest BCUT2D eigenvalue weighted by molar-refractivity contribution is 0.0218. The Morgan fingerprint density at radius 2 is 2.26 bits per heavy atom. The molecule has 102 valence electrons. The summed E-state index contributed by atoms with van der Waals surface area (Å²) in [6.07, 6.45) is 1.68. The highest BCUT2D eigenvalue weighted by molar-refractivity contribution is 5.44. The molecular formula is C14H20N4O. The van der Waals surface area contributed by atoms with E-state index in [0.717, 1.165) is 38.7 Å². The van der Waals surface area contributed by atoms with Crippen LogP contribution in [-0.4, -0.2) is 55.8 Å². The molecule has 5 nitrogen and oxygen atoms in total. The first-order valence-corrected chi connectivity index (χ1v) is 6.60. The maximum absolute atomic E-state index is 8.91. The van der Waals surface area contributed by atoms with Gasteiger partial charge in [-0.2, -0.15) is 5.26 Å². The Morgan fingerprint density at radius 3 is 2.95 bits per heavy atom. The average Bonchev–Trinajstić information content (AvgIpc) is 2.48. The Kier molecular flexibility index (Phi) is 4.72. The van der Waals surface area contributed by atoms with Crippen molar-refractivity contribution in [2.45, 2.75) is 13.0 Å². The summed E-state index contributed by atoms with van der Waals surface area (Å²) in [5.41, 5.74) is 0.649. The van der Waals surface area contributed by atoms with Crippen molar-refractivity contribution in [3.8, 4) is 6.07 Å². The molecule has 1 atom stereocenters. The van der Waals surface area contributed by atoms with Crippen LogP contribution in [0.2, 0.25) is 0 Å². The molecule has 0 N–H and O–H groups in total. The van der Waals surface area contributed by atoms with Crippen molar-refractivity contribution in [1.82, 2.24) is 9.88 Å². The van der Waals surface area contributed by atoms with Gasteiger partial charge in [-0.05, 0) is 19.1 Å². The first kappa shape index (κ1) is 13.8. The first-order valence-electron chi connectivity index (χ1n) is 6.60.